The van der Waals surface area contributed by atoms with Crippen LogP contribution in [0.25, 0.3) is 0 Å². The van der Waals surface area contributed by atoms with Crippen molar-refractivity contribution in [2.24, 2.45) is 0 Å². The van der Waals surface area contributed by atoms with Crippen molar-refractivity contribution >= 4 is 0 Å². The fraction of sp³-hybridized carbons (Fsp3) is 0.375. The van der Waals surface area contributed by atoms with Gasteiger partial charge in [0.2, 0.25) is 0 Å². The molecule has 16 heavy (non-hydrogen) atoms. The summed E-state index contributed by atoms with van der Waals surface area (Å²) in [5, 5.41) is 0. The van der Waals surface area contributed by atoms with Crippen molar-refractivity contribution in [3.63, 3.8) is 0 Å². The number of hydrogen-bond acceptors (Lipinski definition) is 0. The third kappa shape index (κ3) is 2.44. The first-order valence-electron chi connectivity index (χ1n) is 5.92. The highest BCUT2D eigenvalue weighted by Crippen LogP contribution is 2.35. The van der Waals surface area contributed by atoms with Crippen LogP contribution in [0.3, 0.4) is 0 Å². The predicted molar refractivity (Wildman–Crippen MR) is 72.8 cm³/mol. The second-order valence-electron chi connectivity index (χ2n) is 4.72. The number of benzene rings is 1. The van der Waals surface area contributed by atoms with Crippen LogP contribution in [0, 0.1) is 6.92 Å². The zero-order chi connectivity index (χ0) is 12.2. The van der Waals surface area contributed by atoms with E-state index in [-0.39, 0.29) is 5.41 Å². The highest BCUT2D eigenvalue weighted by atomic mass is 14.3. The lowest BCUT2D eigenvalue weighted by Crippen LogP contribution is -2.21. The molecule has 1 aromatic carbocycles. The van der Waals surface area contributed by atoms with Crippen molar-refractivity contribution in [2.75, 3.05) is 0 Å². The molecule has 0 aromatic heterocycles. The van der Waals surface area contributed by atoms with Crippen molar-refractivity contribution in [2.45, 2.75) is 39.5 Å². The Hall–Kier alpha value is -1.30. The maximum absolute atomic E-state index is 3.80. The van der Waals surface area contributed by atoms with Gasteiger partial charge in [-0.15, -0.1) is 0 Å². The highest BCUT2D eigenvalue weighted by Gasteiger charge is 2.25. The highest BCUT2D eigenvalue weighted by molar-refractivity contribution is 5.40. The Morgan fingerprint density at radius 2 is 1.94 bits per heavy atom. The molecule has 0 saturated heterocycles. The Balaban J connectivity index is 3.24. The third-order valence-electron chi connectivity index (χ3n) is 3.32. The summed E-state index contributed by atoms with van der Waals surface area (Å²) in [5.41, 5.74) is 4.28. The summed E-state index contributed by atoms with van der Waals surface area (Å²) in [7, 11) is 0. The van der Waals surface area contributed by atoms with Gasteiger partial charge in [0.1, 0.15) is 0 Å². The van der Waals surface area contributed by atoms with E-state index in [4.69, 9.17) is 0 Å². The van der Waals surface area contributed by atoms with Gasteiger partial charge in [0.05, 0.1) is 0 Å². The van der Waals surface area contributed by atoms with Gasteiger partial charge in [-0.05, 0) is 24.5 Å². The Labute approximate surface area is 99.7 Å². The lowest BCUT2D eigenvalue weighted by molar-refractivity contribution is 0.597. The van der Waals surface area contributed by atoms with Gasteiger partial charge in [-0.1, -0.05) is 69.3 Å². The SMILES string of the molecule is C=C/C=C(\CC)C(C)(C)c1ccccc1C. The lowest BCUT2D eigenvalue weighted by atomic mass is 9.74. The summed E-state index contributed by atoms with van der Waals surface area (Å²) < 4.78 is 0. The summed E-state index contributed by atoms with van der Waals surface area (Å²) in [4.78, 5) is 0. The minimum Gasteiger partial charge on any atom is -0.0991 e. The molecule has 0 radical (unpaired) electrons. The zero-order valence-corrected chi connectivity index (χ0v) is 10.9. The van der Waals surface area contributed by atoms with Gasteiger partial charge in [-0.3, -0.25) is 0 Å². The van der Waals surface area contributed by atoms with Crippen molar-refractivity contribution in [3.05, 3.63) is 59.7 Å². The van der Waals surface area contributed by atoms with Crippen molar-refractivity contribution in [3.8, 4) is 0 Å². The molecular formula is C16H22. The normalized spacial score (nSPS) is 12.6. The van der Waals surface area contributed by atoms with Gasteiger partial charge < -0.3 is 0 Å². The summed E-state index contributed by atoms with van der Waals surface area (Å²) in [5.74, 6) is 0. The minimum atomic E-state index is 0.0916. The van der Waals surface area contributed by atoms with Gasteiger partial charge in [0.15, 0.2) is 0 Å². The van der Waals surface area contributed by atoms with Crippen LogP contribution in [0.5, 0.6) is 0 Å². The summed E-state index contributed by atoms with van der Waals surface area (Å²) in [6.45, 7) is 12.8. The van der Waals surface area contributed by atoms with Gasteiger partial charge in [-0.2, -0.15) is 0 Å². The van der Waals surface area contributed by atoms with Gasteiger partial charge in [0, 0.05) is 5.41 Å². The molecule has 0 aliphatic heterocycles. The van der Waals surface area contributed by atoms with Crippen molar-refractivity contribution < 1.29 is 0 Å². The van der Waals surface area contributed by atoms with E-state index in [1.54, 1.807) is 0 Å². The molecule has 0 fully saturated rings. The molecule has 0 heteroatoms. The smallest absolute Gasteiger partial charge is 0.0111 e. The van der Waals surface area contributed by atoms with Crippen LogP contribution in [0.15, 0.2) is 48.6 Å². The molecular weight excluding hydrogens is 192 g/mol. The fourth-order valence-electron chi connectivity index (χ4n) is 2.36. The standard InChI is InChI=1S/C16H22/c1-6-10-14(7-2)16(4,5)15-12-9-8-11-13(15)3/h6,8-12H,1,7H2,2-5H3/b14-10+. The quantitative estimate of drug-likeness (QED) is 0.632. The number of hydrogen-bond donors (Lipinski definition) is 0. The average Bonchev–Trinajstić information content (AvgIpc) is 2.26. The Morgan fingerprint density at radius 1 is 1.31 bits per heavy atom. The molecule has 0 saturated carbocycles. The van der Waals surface area contributed by atoms with Gasteiger partial charge >= 0.3 is 0 Å². The molecule has 0 heterocycles. The summed E-state index contributed by atoms with van der Waals surface area (Å²) in [6.07, 6.45) is 5.10. The molecule has 1 rings (SSSR count). The molecule has 86 valence electrons. The molecule has 0 bridgehead atoms. The summed E-state index contributed by atoms with van der Waals surface area (Å²) in [6, 6.07) is 8.61. The van der Waals surface area contributed by atoms with E-state index in [0.717, 1.165) is 6.42 Å². The van der Waals surface area contributed by atoms with E-state index in [1.807, 2.05) is 6.08 Å². The molecule has 0 atom stereocenters. The van der Waals surface area contributed by atoms with Crippen LogP contribution in [-0.2, 0) is 5.41 Å². The van der Waals surface area contributed by atoms with E-state index < -0.39 is 0 Å². The van der Waals surface area contributed by atoms with E-state index in [2.05, 4.69) is 64.6 Å². The molecule has 1 aromatic rings. The van der Waals surface area contributed by atoms with Crippen LogP contribution in [0.1, 0.15) is 38.3 Å². The minimum absolute atomic E-state index is 0.0916. The zero-order valence-electron chi connectivity index (χ0n) is 10.9. The first-order valence-corrected chi connectivity index (χ1v) is 5.92. The first kappa shape index (κ1) is 12.8. The molecule has 0 N–H and O–H groups in total. The Kier molecular flexibility index (Phi) is 4.12. The molecule has 0 aliphatic rings. The molecule has 0 aliphatic carbocycles. The maximum Gasteiger partial charge on any atom is 0.0111 e. The number of allylic oxidation sites excluding steroid dienone is 3. The maximum atomic E-state index is 3.80. The van der Waals surface area contributed by atoms with Crippen molar-refractivity contribution in [1.29, 1.82) is 0 Å². The van der Waals surface area contributed by atoms with Crippen LogP contribution < -0.4 is 0 Å². The van der Waals surface area contributed by atoms with Crippen LogP contribution >= 0.6 is 0 Å². The predicted octanol–water partition coefficient (Wildman–Crippen LogP) is 4.80. The second-order valence-corrected chi connectivity index (χ2v) is 4.72. The largest absolute Gasteiger partial charge is 0.0991 e. The fourth-order valence-corrected chi connectivity index (χ4v) is 2.36. The van der Waals surface area contributed by atoms with E-state index in [0.29, 0.717) is 0 Å². The number of rotatable bonds is 4. The van der Waals surface area contributed by atoms with Crippen LogP contribution in [-0.4, -0.2) is 0 Å². The Bertz CT molecular complexity index is 394. The van der Waals surface area contributed by atoms with Crippen LogP contribution in [0.2, 0.25) is 0 Å². The summed E-state index contributed by atoms with van der Waals surface area (Å²) >= 11 is 0. The second kappa shape index (κ2) is 5.16. The molecule has 0 amide bonds. The van der Waals surface area contributed by atoms with E-state index in [9.17, 15) is 0 Å². The molecule has 0 spiro atoms. The average molecular weight is 214 g/mol. The van der Waals surface area contributed by atoms with Gasteiger partial charge in [-0.25, -0.2) is 0 Å². The van der Waals surface area contributed by atoms with E-state index >= 15 is 0 Å². The first-order chi connectivity index (χ1) is 7.54. The number of aryl methyl sites for hydroxylation is 1. The third-order valence-corrected chi connectivity index (χ3v) is 3.32. The molecule has 0 nitrogen and oxygen atoms in total. The van der Waals surface area contributed by atoms with E-state index in [1.165, 1.54) is 16.7 Å². The molecule has 0 unspecified atom stereocenters. The monoisotopic (exact) mass is 214 g/mol. The van der Waals surface area contributed by atoms with Crippen LogP contribution in [0.4, 0.5) is 0 Å². The topological polar surface area (TPSA) is 0 Å². The Morgan fingerprint density at radius 3 is 2.44 bits per heavy atom. The lowest BCUT2D eigenvalue weighted by Gasteiger charge is -2.30. The van der Waals surface area contributed by atoms with Crippen molar-refractivity contribution in [1.82, 2.24) is 0 Å². The van der Waals surface area contributed by atoms with Gasteiger partial charge in [0.25, 0.3) is 0 Å².